The van der Waals surface area contributed by atoms with E-state index in [9.17, 15) is 8.78 Å². The number of pyridine rings is 1. The quantitative estimate of drug-likeness (QED) is 0.738. The van der Waals surface area contributed by atoms with Crippen LogP contribution in [0.15, 0.2) is 16.7 Å². The molecule has 0 radical (unpaired) electrons. The van der Waals surface area contributed by atoms with Gasteiger partial charge in [0.25, 0.3) is 6.43 Å². The van der Waals surface area contributed by atoms with E-state index in [1.54, 1.807) is 0 Å². The molecular weight excluding hydrogens is 251 g/mol. The van der Waals surface area contributed by atoms with Gasteiger partial charge >= 0.3 is 0 Å². The first-order chi connectivity index (χ1) is 5.65. The van der Waals surface area contributed by atoms with Gasteiger partial charge in [0.05, 0.1) is 5.88 Å². The summed E-state index contributed by atoms with van der Waals surface area (Å²) in [5, 5.41) is 0. The smallest absolute Gasteiger partial charge is 0.255 e. The van der Waals surface area contributed by atoms with Gasteiger partial charge in [-0.3, -0.25) is 4.98 Å². The Morgan fingerprint density at radius 3 is 2.67 bits per heavy atom. The lowest BCUT2D eigenvalue weighted by Crippen LogP contribution is -1.92. The van der Waals surface area contributed by atoms with E-state index in [2.05, 4.69) is 20.9 Å². The van der Waals surface area contributed by atoms with Gasteiger partial charge in [0, 0.05) is 10.7 Å². The highest BCUT2D eigenvalue weighted by Crippen LogP contribution is 2.23. The summed E-state index contributed by atoms with van der Waals surface area (Å²) in [4.78, 5) is 3.55. The van der Waals surface area contributed by atoms with Crippen molar-refractivity contribution in [3.05, 3.63) is 28.0 Å². The van der Waals surface area contributed by atoms with Crippen molar-refractivity contribution in [3.63, 3.8) is 0 Å². The summed E-state index contributed by atoms with van der Waals surface area (Å²) in [6, 6.07) is 1.28. The predicted molar refractivity (Wildman–Crippen MR) is 46.5 cm³/mol. The first kappa shape index (κ1) is 9.86. The molecule has 0 aliphatic carbocycles. The molecule has 0 aliphatic heterocycles. The molecule has 0 bridgehead atoms. The fraction of sp³-hybridized carbons (Fsp3) is 0.286. The Kier molecular flexibility index (Phi) is 3.40. The molecule has 1 aromatic rings. The van der Waals surface area contributed by atoms with Crippen molar-refractivity contribution >= 4 is 27.5 Å². The summed E-state index contributed by atoms with van der Waals surface area (Å²) in [6.07, 6.45) is -1.19. The Labute approximate surface area is 81.9 Å². The molecule has 1 nitrogen and oxygen atoms in total. The Morgan fingerprint density at radius 2 is 2.25 bits per heavy atom. The second-order valence-corrected chi connectivity index (χ2v) is 3.26. The molecule has 0 unspecified atom stereocenters. The van der Waals surface area contributed by atoms with Crippen LogP contribution in [0.3, 0.4) is 0 Å². The zero-order chi connectivity index (χ0) is 9.14. The minimum atomic E-state index is -2.54. The number of nitrogens with zero attached hydrogens (tertiary/aromatic N) is 1. The standard InChI is InChI=1S/C7H5BrClF2N/c8-5-1-6(7(10)11)12-3-4(5)2-9/h1,3,7H,2H2. The maximum Gasteiger partial charge on any atom is 0.280 e. The highest BCUT2D eigenvalue weighted by atomic mass is 79.9. The first-order valence-corrected chi connectivity index (χ1v) is 4.46. The van der Waals surface area contributed by atoms with Gasteiger partial charge in [0.2, 0.25) is 0 Å². The number of rotatable bonds is 2. The molecule has 0 saturated carbocycles. The monoisotopic (exact) mass is 255 g/mol. The summed E-state index contributed by atoms with van der Waals surface area (Å²) < 4.78 is 24.7. The maximum absolute atomic E-state index is 12.1. The molecule has 0 spiro atoms. The second-order valence-electron chi connectivity index (χ2n) is 2.13. The van der Waals surface area contributed by atoms with Crippen molar-refractivity contribution in [2.75, 3.05) is 0 Å². The summed E-state index contributed by atoms with van der Waals surface area (Å²) in [5.41, 5.74) is 0.469. The number of alkyl halides is 3. The van der Waals surface area contributed by atoms with Gasteiger partial charge < -0.3 is 0 Å². The summed E-state index contributed by atoms with van der Waals surface area (Å²) in [7, 11) is 0. The van der Waals surface area contributed by atoms with E-state index >= 15 is 0 Å². The number of aromatic nitrogens is 1. The van der Waals surface area contributed by atoms with Crippen LogP contribution in [-0.4, -0.2) is 4.98 Å². The molecule has 0 N–H and O–H groups in total. The van der Waals surface area contributed by atoms with Crippen molar-refractivity contribution in [1.82, 2.24) is 4.98 Å². The van der Waals surface area contributed by atoms with E-state index in [0.29, 0.717) is 10.0 Å². The molecular formula is C7H5BrClF2N. The molecule has 0 atom stereocenters. The van der Waals surface area contributed by atoms with Gasteiger partial charge in [0.1, 0.15) is 5.69 Å². The van der Waals surface area contributed by atoms with E-state index in [4.69, 9.17) is 11.6 Å². The fourth-order valence-electron chi connectivity index (χ4n) is 0.692. The van der Waals surface area contributed by atoms with Crippen LogP contribution in [0, 0.1) is 0 Å². The highest BCUT2D eigenvalue weighted by Gasteiger charge is 2.10. The number of halogens is 4. The van der Waals surface area contributed by atoms with Crippen LogP contribution in [0.5, 0.6) is 0 Å². The third kappa shape index (κ3) is 2.14. The normalized spacial score (nSPS) is 10.8. The first-order valence-electron chi connectivity index (χ1n) is 3.13. The molecule has 1 heterocycles. The molecule has 0 saturated heterocycles. The van der Waals surface area contributed by atoms with Gasteiger partial charge in [-0.15, -0.1) is 11.6 Å². The number of hydrogen-bond acceptors (Lipinski definition) is 1. The van der Waals surface area contributed by atoms with Crippen molar-refractivity contribution in [2.45, 2.75) is 12.3 Å². The van der Waals surface area contributed by atoms with Gasteiger partial charge in [-0.2, -0.15) is 0 Å². The third-order valence-corrected chi connectivity index (χ3v) is 2.34. The minimum Gasteiger partial charge on any atom is -0.255 e. The van der Waals surface area contributed by atoms with Crippen molar-refractivity contribution in [2.24, 2.45) is 0 Å². The average molecular weight is 256 g/mol. The van der Waals surface area contributed by atoms with Crippen LogP contribution in [0.4, 0.5) is 8.78 Å². The molecule has 5 heteroatoms. The molecule has 0 amide bonds. The molecule has 0 aliphatic rings. The topological polar surface area (TPSA) is 12.9 Å². The van der Waals surface area contributed by atoms with E-state index in [1.165, 1.54) is 12.3 Å². The van der Waals surface area contributed by atoms with Crippen LogP contribution in [0.1, 0.15) is 17.7 Å². The molecule has 12 heavy (non-hydrogen) atoms. The van der Waals surface area contributed by atoms with Gasteiger partial charge in [-0.1, -0.05) is 15.9 Å². The largest absolute Gasteiger partial charge is 0.280 e. The lowest BCUT2D eigenvalue weighted by Gasteiger charge is -2.02. The van der Waals surface area contributed by atoms with Crippen molar-refractivity contribution in [1.29, 1.82) is 0 Å². The highest BCUT2D eigenvalue weighted by molar-refractivity contribution is 9.10. The van der Waals surface area contributed by atoms with E-state index in [1.807, 2.05) is 0 Å². The SMILES string of the molecule is FC(F)c1cc(Br)c(CCl)cn1. The average Bonchev–Trinajstić information content (AvgIpc) is 2.04. The van der Waals surface area contributed by atoms with Crippen LogP contribution in [0.25, 0.3) is 0 Å². The maximum atomic E-state index is 12.1. The van der Waals surface area contributed by atoms with Crippen LogP contribution >= 0.6 is 27.5 Å². The summed E-state index contributed by atoms with van der Waals surface area (Å²) in [5.74, 6) is 0.261. The zero-order valence-electron chi connectivity index (χ0n) is 5.90. The van der Waals surface area contributed by atoms with Crippen LogP contribution in [-0.2, 0) is 5.88 Å². The molecule has 1 aromatic heterocycles. The summed E-state index contributed by atoms with van der Waals surface area (Å²) >= 11 is 8.62. The van der Waals surface area contributed by atoms with Gasteiger partial charge in [0.15, 0.2) is 0 Å². The van der Waals surface area contributed by atoms with E-state index in [0.717, 1.165) is 0 Å². The third-order valence-electron chi connectivity index (χ3n) is 1.32. The Hall–Kier alpha value is -0.220. The van der Waals surface area contributed by atoms with Crippen molar-refractivity contribution < 1.29 is 8.78 Å². The van der Waals surface area contributed by atoms with Crippen LogP contribution in [0.2, 0.25) is 0 Å². The Bertz CT molecular complexity index is 280. The Balaban J connectivity index is 3.02. The van der Waals surface area contributed by atoms with Crippen molar-refractivity contribution in [3.8, 4) is 0 Å². The molecule has 0 aromatic carbocycles. The molecule has 1 rings (SSSR count). The summed E-state index contributed by atoms with van der Waals surface area (Å²) in [6.45, 7) is 0. The lowest BCUT2D eigenvalue weighted by molar-refractivity contribution is 0.146. The lowest BCUT2D eigenvalue weighted by atomic mass is 10.3. The molecule has 0 fully saturated rings. The Morgan fingerprint density at radius 1 is 1.58 bits per heavy atom. The van der Waals surface area contributed by atoms with Gasteiger partial charge in [-0.25, -0.2) is 8.78 Å². The predicted octanol–water partition coefficient (Wildman–Crippen LogP) is 3.52. The fourth-order valence-corrected chi connectivity index (χ4v) is 1.54. The second kappa shape index (κ2) is 4.14. The zero-order valence-corrected chi connectivity index (χ0v) is 8.24. The minimum absolute atomic E-state index is 0.240. The number of hydrogen-bond donors (Lipinski definition) is 0. The van der Waals surface area contributed by atoms with E-state index < -0.39 is 6.43 Å². The van der Waals surface area contributed by atoms with Gasteiger partial charge in [-0.05, 0) is 11.6 Å². The van der Waals surface area contributed by atoms with Crippen LogP contribution < -0.4 is 0 Å². The molecule has 66 valence electrons. The van der Waals surface area contributed by atoms with E-state index in [-0.39, 0.29) is 11.6 Å².